The number of hydrogen-bond acceptors (Lipinski definition) is 4. The van der Waals surface area contributed by atoms with Crippen LogP contribution in [0.15, 0.2) is 152 Å². The summed E-state index contributed by atoms with van der Waals surface area (Å²) in [6.45, 7) is 0. The first-order valence-corrected chi connectivity index (χ1v) is 15.0. The standard InChI is InChI=1S/C40H25N5/c1-2-11-28(12-3-1)40-42-34-18-7-4-15-31(34)36(44-40)27-22-20-26(21-23-27)29-13-10-14-30(25-29)37-39-38(32-16-5-6-17-33(32)41-37)43-35-19-8-9-24-45(35)39/h1-25H. The highest BCUT2D eigenvalue weighted by atomic mass is 15.0. The molecule has 0 amide bonds. The minimum absolute atomic E-state index is 0.725. The molecule has 4 heterocycles. The SMILES string of the molecule is c1ccc(-c2nc(-c3ccc(-c4cccc(-c5nc6ccccc6c6nc7ccccn7c56)c4)cc3)c3ccccc3n2)cc1. The highest BCUT2D eigenvalue weighted by Crippen LogP contribution is 2.35. The van der Waals surface area contributed by atoms with Crippen LogP contribution in [0.1, 0.15) is 0 Å². The smallest absolute Gasteiger partial charge is 0.160 e. The maximum atomic E-state index is 5.17. The van der Waals surface area contributed by atoms with Gasteiger partial charge in [-0.2, -0.15) is 0 Å². The van der Waals surface area contributed by atoms with Crippen LogP contribution in [-0.4, -0.2) is 24.3 Å². The van der Waals surface area contributed by atoms with E-state index < -0.39 is 0 Å². The Kier molecular flexibility index (Phi) is 5.74. The minimum atomic E-state index is 0.725. The average Bonchev–Trinajstić information content (AvgIpc) is 3.51. The number of fused-ring (bicyclic) bond motifs is 6. The van der Waals surface area contributed by atoms with E-state index in [1.165, 1.54) is 0 Å². The third kappa shape index (κ3) is 4.25. The second-order valence-electron chi connectivity index (χ2n) is 11.2. The average molecular weight is 576 g/mol. The first-order valence-electron chi connectivity index (χ1n) is 15.0. The third-order valence-electron chi connectivity index (χ3n) is 8.41. The first kappa shape index (κ1) is 25.3. The molecule has 210 valence electrons. The quantitative estimate of drug-likeness (QED) is 0.210. The van der Waals surface area contributed by atoms with Gasteiger partial charge < -0.3 is 0 Å². The van der Waals surface area contributed by atoms with Gasteiger partial charge in [0.2, 0.25) is 0 Å². The molecule has 0 saturated carbocycles. The monoisotopic (exact) mass is 575 g/mol. The van der Waals surface area contributed by atoms with Gasteiger partial charge in [-0.05, 0) is 41.5 Å². The molecule has 0 spiro atoms. The van der Waals surface area contributed by atoms with Gasteiger partial charge in [-0.1, -0.05) is 115 Å². The Bertz CT molecular complexity index is 2530. The molecule has 4 aromatic heterocycles. The summed E-state index contributed by atoms with van der Waals surface area (Å²) < 4.78 is 2.14. The van der Waals surface area contributed by atoms with Crippen molar-refractivity contribution >= 4 is 38.5 Å². The summed E-state index contributed by atoms with van der Waals surface area (Å²) in [4.78, 5) is 20.1. The molecule has 0 aliphatic carbocycles. The van der Waals surface area contributed by atoms with Crippen molar-refractivity contribution in [1.82, 2.24) is 24.3 Å². The van der Waals surface area contributed by atoms with Crippen molar-refractivity contribution in [2.45, 2.75) is 0 Å². The van der Waals surface area contributed by atoms with Gasteiger partial charge in [0.25, 0.3) is 0 Å². The lowest BCUT2D eigenvalue weighted by Crippen LogP contribution is -1.95. The Morgan fingerprint density at radius 1 is 0.400 bits per heavy atom. The van der Waals surface area contributed by atoms with Crippen molar-refractivity contribution in [3.63, 3.8) is 0 Å². The second-order valence-corrected chi connectivity index (χ2v) is 11.2. The van der Waals surface area contributed by atoms with Crippen LogP contribution < -0.4 is 0 Å². The van der Waals surface area contributed by atoms with Crippen molar-refractivity contribution in [1.29, 1.82) is 0 Å². The number of nitrogens with zero attached hydrogens (tertiary/aromatic N) is 5. The van der Waals surface area contributed by atoms with Crippen molar-refractivity contribution in [3.05, 3.63) is 152 Å². The highest BCUT2D eigenvalue weighted by Gasteiger charge is 2.17. The molecule has 0 saturated heterocycles. The van der Waals surface area contributed by atoms with Crippen molar-refractivity contribution < 1.29 is 0 Å². The summed E-state index contributed by atoms with van der Waals surface area (Å²) in [5, 5.41) is 2.09. The van der Waals surface area contributed by atoms with Crippen molar-refractivity contribution in [3.8, 4) is 45.0 Å². The van der Waals surface area contributed by atoms with Gasteiger partial charge in [-0.3, -0.25) is 4.40 Å². The van der Waals surface area contributed by atoms with Gasteiger partial charge in [-0.25, -0.2) is 19.9 Å². The van der Waals surface area contributed by atoms with E-state index in [9.17, 15) is 0 Å². The first-order chi connectivity index (χ1) is 22.3. The number of pyridine rings is 2. The Hall–Kier alpha value is -6.20. The van der Waals surface area contributed by atoms with E-state index in [0.29, 0.717) is 0 Å². The van der Waals surface area contributed by atoms with Crippen LogP contribution in [0.4, 0.5) is 0 Å². The molecule has 0 aliphatic rings. The minimum Gasteiger partial charge on any atom is -0.298 e. The Morgan fingerprint density at radius 3 is 1.91 bits per heavy atom. The molecule has 5 aromatic carbocycles. The van der Waals surface area contributed by atoms with Gasteiger partial charge >= 0.3 is 0 Å². The van der Waals surface area contributed by atoms with E-state index in [-0.39, 0.29) is 0 Å². The fourth-order valence-corrected chi connectivity index (χ4v) is 6.24. The van der Waals surface area contributed by atoms with Crippen LogP contribution in [0.5, 0.6) is 0 Å². The fraction of sp³-hybridized carbons (Fsp3) is 0. The lowest BCUT2D eigenvalue weighted by molar-refractivity contribution is 1.22. The molecule has 0 radical (unpaired) electrons. The van der Waals surface area contributed by atoms with Crippen LogP contribution >= 0.6 is 0 Å². The summed E-state index contributed by atoms with van der Waals surface area (Å²) >= 11 is 0. The van der Waals surface area contributed by atoms with Crippen LogP contribution in [-0.2, 0) is 0 Å². The molecule has 0 N–H and O–H groups in total. The largest absolute Gasteiger partial charge is 0.298 e. The van der Waals surface area contributed by atoms with E-state index in [1.54, 1.807) is 0 Å². The summed E-state index contributed by atoms with van der Waals surface area (Å²) in [5.74, 6) is 0.725. The zero-order valence-corrected chi connectivity index (χ0v) is 24.2. The molecule has 9 rings (SSSR count). The molecule has 5 heteroatoms. The molecule has 0 atom stereocenters. The molecule has 9 aromatic rings. The van der Waals surface area contributed by atoms with Crippen LogP contribution in [0, 0.1) is 0 Å². The number of imidazole rings is 1. The Balaban J connectivity index is 1.16. The molecule has 5 nitrogen and oxygen atoms in total. The second kappa shape index (κ2) is 10.2. The summed E-state index contributed by atoms with van der Waals surface area (Å²) in [5.41, 5.74) is 11.9. The molecule has 0 fully saturated rings. The molecule has 0 aliphatic heterocycles. The zero-order valence-electron chi connectivity index (χ0n) is 24.2. The van der Waals surface area contributed by atoms with Crippen molar-refractivity contribution in [2.24, 2.45) is 0 Å². The highest BCUT2D eigenvalue weighted by molar-refractivity contribution is 6.09. The van der Waals surface area contributed by atoms with Gasteiger partial charge in [0.05, 0.1) is 27.9 Å². The number of rotatable bonds is 4. The third-order valence-corrected chi connectivity index (χ3v) is 8.41. The van der Waals surface area contributed by atoms with Crippen LogP contribution in [0.25, 0.3) is 83.5 Å². The number of benzene rings is 5. The predicted octanol–water partition coefficient (Wildman–Crippen LogP) is 9.65. The fourth-order valence-electron chi connectivity index (χ4n) is 6.24. The lowest BCUT2D eigenvalue weighted by Gasteiger charge is -2.11. The van der Waals surface area contributed by atoms with E-state index in [4.69, 9.17) is 19.9 Å². The zero-order chi connectivity index (χ0) is 29.7. The van der Waals surface area contributed by atoms with Crippen LogP contribution in [0.2, 0.25) is 0 Å². The van der Waals surface area contributed by atoms with E-state index >= 15 is 0 Å². The van der Waals surface area contributed by atoms with Gasteiger partial charge in [-0.15, -0.1) is 0 Å². The van der Waals surface area contributed by atoms with Gasteiger partial charge in [0, 0.05) is 33.7 Å². The topological polar surface area (TPSA) is 56.0 Å². The molecule has 45 heavy (non-hydrogen) atoms. The molecular formula is C40H25N5. The maximum Gasteiger partial charge on any atom is 0.160 e. The van der Waals surface area contributed by atoms with Crippen molar-refractivity contribution in [2.75, 3.05) is 0 Å². The molecular weight excluding hydrogens is 550 g/mol. The van der Waals surface area contributed by atoms with E-state index in [1.807, 2.05) is 66.7 Å². The summed E-state index contributed by atoms with van der Waals surface area (Å²) in [6.07, 6.45) is 2.06. The lowest BCUT2D eigenvalue weighted by atomic mass is 9.98. The van der Waals surface area contributed by atoms with E-state index in [2.05, 4.69) is 89.5 Å². The summed E-state index contributed by atoms with van der Waals surface area (Å²) in [6, 6.07) is 50.0. The Labute approximate surface area is 259 Å². The number of para-hydroxylation sites is 2. The Morgan fingerprint density at radius 2 is 1.07 bits per heavy atom. The normalized spacial score (nSPS) is 11.6. The molecule has 0 bridgehead atoms. The maximum absolute atomic E-state index is 5.17. The number of hydrogen-bond donors (Lipinski definition) is 0. The molecule has 0 unspecified atom stereocenters. The predicted molar refractivity (Wildman–Crippen MR) is 183 cm³/mol. The summed E-state index contributed by atoms with van der Waals surface area (Å²) in [7, 11) is 0. The number of aromatic nitrogens is 5. The van der Waals surface area contributed by atoms with Gasteiger partial charge in [0.15, 0.2) is 5.82 Å². The van der Waals surface area contributed by atoms with E-state index in [0.717, 1.165) is 83.5 Å². The van der Waals surface area contributed by atoms with Gasteiger partial charge in [0.1, 0.15) is 11.2 Å². The van der Waals surface area contributed by atoms with Crippen LogP contribution in [0.3, 0.4) is 0 Å².